The Hall–Kier alpha value is -3.13. The van der Waals surface area contributed by atoms with Gasteiger partial charge in [-0.1, -0.05) is 12.1 Å². The van der Waals surface area contributed by atoms with Crippen LogP contribution in [-0.4, -0.2) is 31.6 Å². The number of amides is 4. The van der Waals surface area contributed by atoms with Gasteiger partial charge in [-0.3, -0.25) is 14.9 Å². The topological polar surface area (TPSA) is 84.9 Å². The van der Waals surface area contributed by atoms with Gasteiger partial charge in [-0.2, -0.15) is 0 Å². The van der Waals surface area contributed by atoms with Crippen molar-refractivity contribution in [3.8, 4) is 11.5 Å². The van der Waals surface area contributed by atoms with Crippen LogP contribution in [0.1, 0.15) is 23.6 Å². The Morgan fingerprint density at radius 1 is 1.17 bits per heavy atom. The molecule has 0 aliphatic carbocycles. The second-order valence-corrected chi connectivity index (χ2v) is 7.50. The van der Waals surface area contributed by atoms with Gasteiger partial charge in [0.25, 0.3) is 11.8 Å². The molecule has 0 bridgehead atoms. The zero-order valence-corrected chi connectivity index (χ0v) is 18.6. The summed E-state index contributed by atoms with van der Waals surface area (Å²) in [5, 5.41) is 2.24. The highest BCUT2D eigenvalue weighted by Gasteiger charge is 2.37. The summed E-state index contributed by atoms with van der Waals surface area (Å²) in [5.41, 5.74) is 2.52. The van der Waals surface area contributed by atoms with Gasteiger partial charge in [0.15, 0.2) is 11.5 Å². The molecule has 30 heavy (non-hydrogen) atoms. The third kappa shape index (κ3) is 3.95. The number of hydrogen-bond donors (Lipinski definition) is 1. The van der Waals surface area contributed by atoms with Crippen LogP contribution in [0.4, 0.5) is 10.5 Å². The van der Waals surface area contributed by atoms with Crippen LogP contribution in [0.2, 0.25) is 0 Å². The lowest BCUT2D eigenvalue weighted by Gasteiger charge is -2.28. The molecule has 0 radical (unpaired) electrons. The quantitative estimate of drug-likeness (QED) is 0.521. The largest absolute Gasteiger partial charge is 0.492 e. The van der Waals surface area contributed by atoms with E-state index in [4.69, 9.17) is 9.47 Å². The number of ether oxygens (including phenoxy) is 2. The molecule has 0 unspecified atom stereocenters. The van der Waals surface area contributed by atoms with Crippen LogP contribution >= 0.6 is 15.9 Å². The van der Waals surface area contributed by atoms with E-state index in [1.165, 1.54) is 13.2 Å². The van der Waals surface area contributed by atoms with Gasteiger partial charge in [-0.05, 0) is 77.7 Å². The summed E-state index contributed by atoms with van der Waals surface area (Å²) in [5.74, 6) is -0.475. The minimum Gasteiger partial charge on any atom is -0.492 e. The molecule has 1 fully saturated rings. The van der Waals surface area contributed by atoms with E-state index in [2.05, 4.69) is 21.2 Å². The van der Waals surface area contributed by atoms with E-state index in [1.807, 2.05) is 26.8 Å². The zero-order valence-electron chi connectivity index (χ0n) is 17.0. The highest BCUT2D eigenvalue weighted by atomic mass is 79.9. The summed E-state index contributed by atoms with van der Waals surface area (Å²) in [6.07, 6.45) is 1.43. The predicted octanol–water partition coefficient (Wildman–Crippen LogP) is 4.14. The van der Waals surface area contributed by atoms with Crippen LogP contribution in [0.25, 0.3) is 6.08 Å². The molecule has 0 spiro atoms. The van der Waals surface area contributed by atoms with E-state index in [-0.39, 0.29) is 5.57 Å². The molecule has 1 N–H and O–H groups in total. The molecule has 0 saturated carbocycles. The number of rotatable bonds is 5. The summed E-state index contributed by atoms with van der Waals surface area (Å²) in [6, 6.07) is 7.91. The standard InChI is InChI=1S/C22H21BrN2O5/c1-5-30-18-11-14(10-16(23)19(18)29-4)9-15-20(26)24-22(28)25(21(15)27)17-8-6-7-12(2)13(17)3/h6-11H,5H2,1-4H3,(H,24,26,28)/b15-9+. The molecule has 1 aliphatic rings. The number of aryl methyl sites for hydroxylation is 1. The lowest BCUT2D eigenvalue weighted by molar-refractivity contribution is -0.122. The predicted molar refractivity (Wildman–Crippen MR) is 117 cm³/mol. The first-order valence-corrected chi connectivity index (χ1v) is 10.1. The maximum atomic E-state index is 13.1. The van der Waals surface area contributed by atoms with Crippen molar-refractivity contribution in [1.29, 1.82) is 0 Å². The van der Waals surface area contributed by atoms with Crippen LogP contribution in [0, 0.1) is 13.8 Å². The Morgan fingerprint density at radius 3 is 2.57 bits per heavy atom. The number of urea groups is 1. The van der Waals surface area contributed by atoms with Gasteiger partial charge in [-0.15, -0.1) is 0 Å². The smallest absolute Gasteiger partial charge is 0.335 e. The van der Waals surface area contributed by atoms with Crippen LogP contribution in [0.5, 0.6) is 11.5 Å². The number of nitrogens with one attached hydrogen (secondary N) is 1. The summed E-state index contributed by atoms with van der Waals surface area (Å²) >= 11 is 3.41. The molecule has 7 nitrogen and oxygen atoms in total. The van der Waals surface area contributed by atoms with Crippen LogP contribution in [0.15, 0.2) is 40.4 Å². The number of methoxy groups -OCH3 is 1. The lowest BCUT2D eigenvalue weighted by atomic mass is 10.0. The zero-order chi connectivity index (χ0) is 22.0. The molecule has 3 rings (SSSR count). The van der Waals surface area contributed by atoms with E-state index >= 15 is 0 Å². The highest BCUT2D eigenvalue weighted by molar-refractivity contribution is 9.10. The fraction of sp³-hybridized carbons (Fsp3) is 0.227. The fourth-order valence-electron chi connectivity index (χ4n) is 3.15. The number of carbonyl (C=O) groups is 3. The molecule has 1 aliphatic heterocycles. The first-order valence-electron chi connectivity index (χ1n) is 9.26. The molecule has 156 valence electrons. The van der Waals surface area contributed by atoms with Crippen molar-refractivity contribution >= 4 is 45.5 Å². The van der Waals surface area contributed by atoms with Crippen molar-refractivity contribution < 1.29 is 23.9 Å². The highest BCUT2D eigenvalue weighted by Crippen LogP contribution is 2.37. The Balaban J connectivity index is 2.08. The van der Waals surface area contributed by atoms with Crippen molar-refractivity contribution in [2.24, 2.45) is 0 Å². The molecular weight excluding hydrogens is 452 g/mol. The molecule has 2 aromatic carbocycles. The van der Waals surface area contributed by atoms with Crippen molar-refractivity contribution in [2.45, 2.75) is 20.8 Å². The molecule has 2 aromatic rings. The number of carbonyl (C=O) groups excluding carboxylic acids is 3. The first-order chi connectivity index (χ1) is 14.3. The Kier molecular flexibility index (Phi) is 6.26. The van der Waals surface area contributed by atoms with Gasteiger partial charge in [0.2, 0.25) is 0 Å². The second-order valence-electron chi connectivity index (χ2n) is 6.64. The third-order valence-electron chi connectivity index (χ3n) is 4.77. The number of barbiturate groups is 1. The average molecular weight is 473 g/mol. The van der Waals surface area contributed by atoms with Crippen LogP contribution in [0.3, 0.4) is 0 Å². The van der Waals surface area contributed by atoms with Crippen molar-refractivity contribution in [3.05, 3.63) is 57.1 Å². The van der Waals surface area contributed by atoms with E-state index in [1.54, 1.807) is 24.3 Å². The van der Waals surface area contributed by atoms with E-state index in [9.17, 15) is 14.4 Å². The maximum Gasteiger partial charge on any atom is 0.335 e. The van der Waals surface area contributed by atoms with E-state index in [0.29, 0.717) is 33.8 Å². The van der Waals surface area contributed by atoms with Gasteiger partial charge in [-0.25, -0.2) is 9.69 Å². The SMILES string of the molecule is CCOc1cc(/C=C2\C(=O)NC(=O)N(c3cccc(C)c3C)C2=O)cc(Br)c1OC. The Bertz CT molecular complexity index is 1080. The van der Waals surface area contributed by atoms with Crippen molar-refractivity contribution in [1.82, 2.24) is 5.32 Å². The summed E-state index contributed by atoms with van der Waals surface area (Å²) in [7, 11) is 1.52. The minimum absolute atomic E-state index is 0.157. The Labute approximate surface area is 182 Å². The first kappa shape index (κ1) is 21.6. The summed E-state index contributed by atoms with van der Waals surface area (Å²) < 4.78 is 11.5. The fourth-order valence-corrected chi connectivity index (χ4v) is 3.77. The molecule has 0 aromatic heterocycles. The average Bonchev–Trinajstić information content (AvgIpc) is 2.68. The third-order valence-corrected chi connectivity index (χ3v) is 5.35. The number of anilines is 1. The lowest BCUT2D eigenvalue weighted by Crippen LogP contribution is -2.54. The molecule has 8 heteroatoms. The number of halogens is 1. The van der Waals surface area contributed by atoms with E-state index < -0.39 is 17.8 Å². The van der Waals surface area contributed by atoms with Gasteiger partial charge < -0.3 is 9.47 Å². The summed E-state index contributed by atoms with van der Waals surface area (Å²) in [4.78, 5) is 39.0. The summed E-state index contributed by atoms with van der Waals surface area (Å²) in [6.45, 7) is 5.96. The van der Waals surface area contributed by atoms with Crippen LogP contribution < -0.4 is 19.7 Å². The maximum absolute atomic E-state index is 13.1. The number of hydrogen-bond acceptors (Lipinski definition) is 5. The van der Waals surface area contributed by atoms with Crippen molar-refractivity contribution in [2.75, 3.05) is 18.6 Å². The van der Waals surface area contributed by atoms with Gasteiger partial charge >= 0.3 is 6.03 Å². The van der Waals surface area contributed by atoms with Crippen LogP contribution in [-0.2, 0) is 9.59 Å². The van der Waals surface area contributed by atoms with E-state index in [0.717, 1.165) is 16.0 Å². The molecule has 1 saturated heterocycles. The van der Waals surface area contributed by atoms with Gasteiger partial charge in [0.05, 0.1) is 23.9 Å². The minimum atomic E-state index is -0.776. The van der Waals surface area contributed by atoms with Gasteiger partial charge in [0, 0.05) is 0 Å². The second kappa shape index (κ2) is 8.71. The molecule has 0 atom stereocenters. The van der Waals surface area contributed by atoms with Gasteiger partial charge in [0.1, 0.15) is 5.57 Å². The molecule has 1 heterocycles. The number of benzene rings is 2. The molecular formula is C22H21BrN2O5. The molecule has 4 amide bonds. The Morgan fingerprint density at radius 2 is 1.90 bits per heavy atom. The number of nitrogens with zero attached hydrogens (tertiary/aromatic N) is 1. The number of imide groups is 2. The van der Waals surface area contributed by atoms with Crippen molar-refractivity contribution in [3.63, 3.8) is 0 Å². The monoisotopic (exact) mass is 472 g/mol. The normalized spacial score (nSPS) is 15.4.